The molecule has 1 saturated heterocycles. The van der Waals surface area contributed by atoms with Crippen molar-refractivity contribution in [2.75, 3.05) is 5.75 Å². The molecule has 2 N–H and O–H groups in total. The van der Waals surface area contributed by atoms with Gasteiger partial charge in [-0.1, -0.05) is 6.42 Å². The van der Waals surface area contributed by atoms with E-state index in [1.165, 1.54) is 25.0 Å². The minimum Gasteiger partial charge on any atom is -0.322 e. The fourth-order valence-corrected chi connectivity index (χ4v) is 3.20. The molecule has 2 heterocycles. The van der Waals surface area contributed by atoms with E-state index in [0.29, 0.717) is 5.25 Å². The lowest BCUT2D eigenvalue weighted by molar-refractivity contribution is 0.564. The Hall–Kier alpha value is -0.480. The van der Waals surface area contributed by atoms with Gasteiger partial charge >= 0.3 is 0 Å². The van der Waals surface area contributed by atoms with Crippen LogP contribution in [-0.2, 0) is 7.05 Å². The summed E-state index contributed by atoms with van der Waals surface area (Å²) in [6, 6.07) is 2.14. The zero-order chi connectivity index (χ0) is 9.97. The molecule has 1 aliphatic heterocycles. The second-order valence-electron chi connectivity index (χ2n) is 3.85. The van der Waals surface area contributed by atoms with E-state index < -0.39 is 0 Å². The van der Waals surface area contributed by atoms with Crippen LogP contribution in [0.3, 0.4) is 0 Å². The highest BCUT2D eigenvalue weighted by molar-refractivity contribution is 8.00. The summed E-state index contributed by atoms with van der Waals surface area (Å²) in [5.74, 6) is 1.26. The average molecular weight is 211 g/mol. The molecule has 2 rings (SSSR count). The monoisotopic (exact) mass is 211 g/mol. The van der Waals surface area contributed by atoms with E-state index >= 15 is 0 Å². The molecule has 1 aromatic rings. The maximum atomic E-state index is 6.19. The molecule has 3 nitrogen and oxygen atoms in total. The number of thioether (sulfide) groups is 1. The third kappa shape index (κ3) is 2.12. The van der Waals surface area contributed by atoms with E-state index in [1.54, 1.807) is 0 Å². The molecule has 4 heteroatoms. The summed E-state index contributed by atoms with van der Waals surface area (Å²) in [6.07, 6.45) is 5.86. The summed E-state index contributed by atoms with van der Waals surface area (Å²) >= 11 is 2.00. The Bertz CT molecular complexity index is 291. The topological polar surface area (TPSA) is 43.8 Å². The molecular formula is C10H17N3S. The Kier molecular flexibility index (Phi) is 3.13. The molecule has 0 spiro atoms. The molecule has 0 aromatic carbocycles. The smallest absolute Gasteiger partial charge is 0.0802 e. The van der Waals surface area contributed by atoms with Crippen LogP contribution in [0.2, 0.25) is 0 Å². The number of nitrogens with zero attached hydrogens (tertiary/aromatic N) is 2. The van der Waals surface area contributed by atoms with Crippen LogP contribution in [-0.4, -0.2) is 20.8 Å². The maximum absolute atomic E-state index is 6.19. The van der Waals surface area contributed by atoms with Gasteiger partial charge in [0.25, 0.3) is 0 Å². The Morgan fingerprint density at radius 1 is 1.64 bits per heavy atom. The SMILES string of the molecule is Cn1ccc(C(N)C2CCCCS2)n1. The fourth-order valence-electron chi connectivity index (χ4n) is 1.85. The van der Waals surface area contributed by atoms with Gasteiger partial charge in [-0.2, -0.15) is 16.9 Å². The van der Waals surface area contributed by atoms with Gasteiger partial charge in [-0.3, -0.25) is 4.68 Å². The summed E-state index contributed by atoms with van der Waals surface area (Å²) in [5.41, 5.74) is 7.22. The lowest BCUT2D eigenvalue weighted by atomic mass is 10.1. The lowest BCUT2D eigenvalue weighted by Gasteiger charge is -2.25. The van der Waals surface area contributed by atoms with Crippen LogP contribution in [0.5, 0.6) is 0 Å². The van der Waals surface area contributed by atoms with Crippen LogP contribution in [0.4, 0.5) is 0 Å². The molecule has 1 aromatic heterocycles. The zero-order valence-corrected chi connectivity index (χ0v) is 9.33. The van der Waals surface area contributed by atoms with Gasteiger partial charge in [0.05, 0.1) is 11.7 Å². The van der Waals surface area contributed by atoms with E-state index in [4.69, 9.17) is 5.73 Å². The first-order chi connectivity index (χ1) is 6.77. The van der Waals surface area contributed by atoms with Crippen molar-refractivity contribution >= 4 is 11.8 Å². The molecule has 0 bridgehead atoms. The van der Waals surface area contributed by atoms with Gasteiger partial charge in [0.1, 0.15) is 0 Å². The van der Waals surface area contributed by atoms with Gasteiger partial charge in [-0.15, -0.1) is 0 Å². The summed E-state index contributed by atoms with van der Waals surface area (Å²) < 4.78 is 1.82. The third-order valence-electron chi connectivity index (χ3n) is 2.69. The Balaban J connectivity index is 2.03. The standard InChI is InChI=1S/C10H17N3S/c1-13-6-5-8(12-13)10(11)9-4-2-3-7-14-9/h5-6,9-10H,2-4,7,11H2,1H3. The molecule has 14 heavy (non-hydrogen) atoms. The summed E-state index contributed by atoms with van der Waals surface area (Å²) in [5, 5.41) is 4.93. The Morgan fingerprint density at radius 2 is 2.50 bits per heavy atom. The zero-order valence-electron chi connectivity index (χ0n) is 8.52. The number of hydrogen-bond acceptors (Lipinski definition) is 3. The summed E-state index contributed by atoms with van der Waals surface area (Å²) in [6.45, 7) is 0. The van der Waals surface area contributed by atoms with Gasteiger partial charge in [0.2, 0.25) is 0 Å². The number of aryl methyl sites for hydroxylation is 1. The molecule has 2 atom stereocenters. The second kappa shape index (κ2) is 4.36. The van der Waals surface area contributed by atoms with Gasteiger partial charge in [-0.25, -0.2) is 0 Å². The summed E-state index contributed by atoms with van der Waals surface area (Å²) in [4.78, 5) is 0. The normalized spacial score (nSPS) is 24.9. The molecule has 0 radical (unpaired) electrons. The Morgan fingerprint density at radius 3 is 3.07 bits per heavy atom. The van der Waals surface area contributed by atoms with Crippen molar-refractivity contribution in [2.24, 2.45) is 12.8 Å². The van der Waals surface area contributed by atoms with Crippen LogP contribution >= 0.6 is 11.8 Å². The van der Waals surface area contributed by atoms with E-state index in [-0.39, 0.29) is 6.04 Å². The number of nitrogens with two attached hydrogens (primary N) is 1. The maximum Gasteiger partial charge on any atom is 0.0802 e. The number of rotatable bonds is 2. The molecule has 1 fully saturated rings. The van der Waals surface area contributed by atoms with E-state index in [0.717, 1.165) is 5.69 Å². The minimum atomic E-state index is 0.112. The molecular weight excluding hydrogens is 194 g/mol. The number of aromatic nitrogens is 2. The van der Waals surface area contributed by atoms with E-state index in [9.17, 15) is 0 Å². The van der Waals surface area contributed by atoms with Crippen LogP contribution in [0, 0.1) is 0 Å². The van der Waals surface area contributed by atoms with Crippen molar-refractivity contribution < 1.29 is 0 Å². The van der Waals surface area contributed by atoms with Gasteiger partial charge < -0.3 is 5.73 Å². The highest BCUT2D eigenvalue weighted by atomic mass is 32.2. The first-order valence-electron chi connectivity index (χ1n) is 5.14. The predicted molar refractivity (Wildman–Crippen MR) is 60.2 cm³/mol. The van der Waals surface area contributed by atoms with Gasteiger partial charge in [0, 0.05) is 18.5 Å². The first-order valence-corrected chi connectivity index (χ1v) is 6.19. The average Bonchev–Trinajstić information content (AvgIpc) is 2.65. The van der Waals surface area contributed by atoms with Crippen molar-refractivity contribution in [2.45, 2.75) is 30.6 Å². The Labute approximate surface area is 89.1 Å². The molecule has 0 aliphatic carbocycles. The first kappa shape index (κ1) is 10.1. The predicted octanol–water partition coefficient (Wildman–Crippen LogP) is 1.71. The second-order valence-corrected chi connectivity index (χ2v) is 5.19. The van der Waals surface area contributed by atoms with Gasteiger partial charge in [0.15, 0.2) is 0 Å². The van der Waals surface area contributed by atoms with Crippen molar-refractivity contribution in [1.82, 2.24) is 9.78 Å². The third-order valence-corrected chi connectivity index (χ3v) is 4.17. The van der Waals surface area contributed by atoms with Crippen molar-refractivity contribution in [3.8, 4) is 0 Å². The van der Waals surface area contributed by atoms with Crippen molar-refractivity contribution in [1.29, 1.82) is 0 Å². The number of hydrogen-bond donors (Lipinski definition) is 1. The highest BCUT2D eigenvalue weighted by Crippen LogP contribution is 2.32. The minimum absolute atomic E-state index is 0.112. The van der Waals surface area contributed by atoms with Crippen LogP contribution < -0.4 is 5.73 Å². The highest BCUT2D eigenvalue weighted by Gasteiger charge is 2.23. The molecule has 1 aliphatic rings. The molecule has 0 amide bonds. The molecule has 78 valence electrons. The van der Waals surface area contributed by atoms with E-state index in [1.807, 2.05) is 35.8 Å². The largest absolute Gasteiger partial charge is 0.322 e. The van der Waals surface area contributed by atoms with Gasteiger partial charge in [-0.05, 0) is 24.7 Å². The van der Waals surface area contributed by atoms with Crippen LogP contribution in [0.1, 0.15) is 31.0 Å². The molecule has 2 unspecified atom stereocenters. The lowest BCUT2D eigenvalue weighted by Crippen LogP contribution is -2.26. The molecule has 0 saturated carbocycles. The van der Waals surface area contributed by atoms with E-state index in [2.05, 4.69) is 5.10 Å². The van der Waals surface area contributed by atoms with Crippen molar-refractivity contribution in [3.63, 3.8) is 0 Å². The van der Waals surface area contributed by atoms with Crippen molar-refractivity contribution in [3.05, 3.63) is 18.0 Å². The van der Waals surface area contributed by atoms with Crippen LogP contribution in [0.15, 0.2) is 12.3 Å². The quantitative estimate of drug-likeness (QED) is 0.810. The fraction of sp³-hybridized carbons (Fsp3) is 0.700. The van der Waals surface area contributed by atoms with Crippen LogP contribution in [0.25, 0.3) is 0 Å². The summed E-state index contributed by atoms with van der Waals surface area (Å²) in [7, 11) is 1.93.